The van der Waals surface area contributed by atoms with Crippen LogP contribution in [0.4, 0.5) is 0 Å². The van der Waals surface area contributed by atoms with Gasteiger partial charge in [-0.1, -0.05) is 18.2 Å². The summed E-state index contributed by atoms with van der Waals surface area (Å²) in [5.74, 6) is 0. The Balaban J connectivity index is 2.03. The fourth-order valence-electron chi connectivity index (χ4n) is 2.59. The second kappa shape index (κ2) is 4.71. The first-order chi connectivity index (χ1) is 8.79. The molecule has 0 aliphatic carbocycles. The Hall–Kier alpha value is -1.39. The van der Waals surface area contributed by atoms with Crippen LogP contribution in [0.5, 0.6) is 0 Å². The normalized spacial score (nSPS) is 20.9. The van der Waals surface area contributed by atoms with Crippen LogP contribution in [0.15, 0.2) is 24.3 Å². The molecule has 96 valence electrons. The monoisotopic (exact) mass is 245 g/mol. The third-order valence-corrected chi connectivity index (χ3v) is 3.67. The zero-order chi connectivity index (χ0) is 12.5. The predicted molar refractivity (Wildman–Crippen MR) is 71.6 cm³/mol. The van der Waals surface area contributed by atoms with Crippen molar-refractivity contribution in [1.29, 1.82) is 0 Å². The molecule has 0 saturated heterocycles. The second-order valence-electron chi connectivity index (χ2n) is 4.91. The van der Waals surface area contributed by atoms with Gasteiger partial charge >= 0.3 is 0 Å². The highest BCUT2D eigenvalue weighted by Crippen LogP contribution is 2.32. The second-order valence-corrected chi connectivity index (χ2v) is 4.91. The molecule has 0 spiro atoms. The molecule has 1 unspecified atom stereocenters. The number of nitrogens with one attached hydrogen (secondary N) is 1. The molecule has 0 saturated carbocycles. The van der Waals surface area contributed by atoms with Gasteiger partial charge in [0.2, 0.25) is 0 Å². The summed E-state index contributed by atoms with van der Waals surface area (Å²) in [6, 6.07) is 8.75. The van der Waals surface area contributed by atoms with Gasteiger partial charge in [0.05, 0.1) is 24.4 Å². The van der Waals surface area contributed by atoms with Gasteiger partial charge in [-0.15, -0.1) is 0 Å². The summed E-state index contributed by atoms with van der Waals surface area (Å²) < 4.78 is 8.05. The van der Waals surface area contributed by atoms with Crippen LogP contribution in [-0.2, 0) is 11.3 Å². The maximum Gasteiger partial charge on any atom is 0.101 e. The number of ether oxygens (including phenoxy) is 1. The van der Waals surface area contributed by atoms with Crippen molar-refractivity contribution in [2.75, 3.05) is 13.7 Å². The van der Waals surface area contributed by atoms with E-state index >= 15 is 0 Å². The van der Waals surface area contributed by atoms with Crippen molar-refractivity contribution in [3.63, 3.8) is 0 Å². The van der Waals surface area contributed by atoms with Crippen molar-refractivity contribution in [3.8, 4) is 0 Å². The number of aromatic nitrogens is 2. The Morgan fingerprint density at radius 2 is 2.33 bits per heavy atom. The average molecular weight is 245 g/mol. The topological polar surface area (TPSA) is 39.1 Å². The minimum absolute atomic E-state index is 0.147. The van der Waals surface area contributed by atoms with E-state index < -0.39 is 0 Å². The Bertz CT molecular complexity index is 549. The quantitative estimate of drug-likeness (QED) is 0.900. The molecule has 2 atom stereocenters. The SMILES string of the molecule is CNC(C)C[C@@H]1OCCn2nc3ccccc3c21. The van der Waals surface area contributed by atoms with E-state index in [4.69, 9.17) is 4.74 Å². The fraction of sp³-hybridized carbons (Fsp3) is 0.500. The van der Waals surface area contributed by atoms with Crippen molar-refractivity contribution < 1.29 is 4.74 Å². The molecule has 1 N–H and O–H groups in total. The van der Waals surface area contributed by atoms with Gasteiger partial charge in [0, 0.05) is 11.4 Å². The van der Waals surface area contributed by atoms with E-state index in [1.807, 2.05) is 13.1 Å². The number of fused-ring (bicyclic) bond motifs is 3. The van der Waals surface area contributed by atoms with Gasteiger partial charge in [-0.05, 0) is 26.5 Å². The Labute approximate surface area is 107 Å². The minimum atomic E-state index is 0.147. The molecule has 0 amide bonds. The average Bonchev–Trinajstić information content (AvgIpc) is 2.78. The van der Waals surface area contributed by atoms with Crippen LogP contribution in [0, 0.1) is 0 Å². The van der Waals surface area contributed by atoms with Gasteiger partial charge in [-0.3, -0.25) is 4.68 Å². The number of rotatable bonds is 3. The standard InChI is InChI=1S/C14H19N3O/c1-10(15-2)9-13-14-11-5-3-4-6-12(11)16-17(14)7-8-18-13/h3-6,10,13,15H,7-9H2,1-2H3/t10?,13-/m0/s1. The molecular weight excluding hydrogens is 226 g/mol. The highest BCUT2D eigenvalue weighted by atomic mass is 16.5. The van der Waals surface area contributed by atoms with Gasteiger partial charge in [0.1, 0.15) is 6.10 Å². The van der Waals surface area contributed by atoms with Crippen LogP contribution in [0.3, 0.4) is 0 Å². The smallest absolute Gasteiger partial charge is 0.101 e. The summed E-state index contributed by atoms with van der Waals surface area (Å²) in [6.45, 7) is 3.79. The van der Waals surface area contributed by atoms with Crippen LogP contribution in [0.2, 0.25) is 0 Å². The lowest BCUT2D eigenvalue weighted by atomic mass is 10.0. The number of hydrogen-bond donors (Lipinski definition) is 1. The summed E-state index contributed by atoms with van der Waals surface area (Å²) in [7, 11) is 1.99. The van der Waals surface area contributed by atoms with Crippen LogP contribution >= 0.6 is 0 Å². The molecule has 2 aromatic rings. The molecule has 2 heterocycles. The summed E-state index contributed by atoms with van der Waals surface area (Å²) in [5, 5.41) is 9.15. The Morgan fingerprint density at radius 1 is 1.50 bits per heavy atom. The minimum Gasteiger partial charge on any atom is -0.370 e. The Kier molecular flexibility index (Phi) is 3.06. The molecule has 0 fully saturated rings. The van der Waals surface area contributed by atoms with Crippen LogP contribution in [0.25, 0.3) is 10.9 Å². The summed E-state index contributed by atoms with van der Waals surface area (Å²) in [4.78, 5) is 0. The van der Waals surface area contributed by atoms with E-state index in [1.165, 1.54) is 11.1 Å². The summed E-state index contributed by atoms with van der Waals surface area (Å²) in [6.07, 6.45) is 1.13. The van der Waals surface area contributed by atoms with Crippen molar-refractivity contribution in [2.45, 2.75) is 32.0 Å². The summed E-state index contributed by atoms with van der Waals surface area (Å²) in [5.41, 5.74) is 2.30. The molecule has 4 nitrogen and oxygen atoms in total. The molecule has 0 bridgehead atoms. The molecular formula is C14H19N3O. The maximum atomic E-state index is 5.94. The first kappa shape index (κ1) is 11.7. The third kappa shape index (κ3) is 1.91. The van der Waals surface area contributed by atoms with Crippen LogP contribution in [0.1, 0.15) is 25.1 Å². The van der Waals surface area contributed by atoms with Gasteiger partial charge in [0.15, 0.2) is 0 Å². The highest BCUT2D eigenvalue weighted by Gasteiger charge is 2.26. The van der Waals surface area contributed by atoms with E-state index in [1.54, 1.807) is 0 Å². The molecule has 3 rings (SSSR count). The molecule has 1 aromatic heterocycles. The van der Waals surface area contributed by atoms with Crippen molar-refractivity contribution in [2.24, 2.45) is 0 Å². The summed E-state index contributed by atoms with van der Waals surface area (Å²) >= 11 is 0. The van der Waals surface area contributed by atoms with Gasteiger partial charge in [-0.25, -0.2) is 0 Å². The van der Waals surface area contributed by atoms with Gasteiger partial charge in [0.25, 0.3) is 0 Å². The Morgan fingerprint density at radius 3 is 3.17 bits per heavy atom. The lowest BCUT2D eigenvalue weighted by Crippen LogP contribution is -2.29. The fourth-order valence-corrected chi connectivity index (χ4v) is 2.59. The molecule has 0 radical (unpaired) electrons. The molecule has 1 aromatic carbocycles. The third-order valence-electron chi connectivity index (χ3n) is 3.67. The zero-order valence-corrected chi connectivity index (χ0v) is 10.9. The van der Waals surface area contributed by atoms with E-state index in [2.05, 4.69) is 40.2 Å². The highest BCUT2D eigenvalue weighted by molar-refractivity contribution is 5.81. The first-order valence-electron chi connectivity index (χ1n) is 6.54. The lowest BCUT2D eigenvalue weighted by molar-refractivity contribution is 0.00807. The van der Waals surface area contributed by atoms with E-state index in [0.29, 0.717) is 6.04 Å². The van der Waals surface area contributed by atoms with Crippen molar-refractivity contribution in [3.05, 3.63) is 30.0 Å². The van der Waals surface area contributed by atoms with Crippen LogP contribution < -0.4 is 5.32 Å². The lowest BCUT2D eigenvalue weighted by Gasteiger charge is -2.26. The first-order valence-corrected chi connectivity index (χ1v) is 6.54. The maximum absolute atomic E-state index is 5.94. The van der Waals surface area contributed by atoms with E-state index in [9.17, 15) is 0 Å². The van der Waals surface area contributed by atoms with Crippen molar-refractivity contribution in [1.82, 2.24) is 15.1 Å². The van der Waals surface area contributed by atoms with Gasteiger partial charge < -0.3 is 10.1 Å². The van der Waals surface area contributed by atoms with E-state index in [-0.39, 0.29) is 6.10 Å². The number of benzene rings is 1. The molecule has 1 aliphatic rings. The van der Waals surface area contributed by atoms with Crippen LogP contribution in [-0.4, -0.2) is 29.5 Å². The zero-order valence-electron chi connectivity index (χ0n) is 10.9. The predicted octanol–water partition coefficient (Wildman–Crippen LogP) is 2.11. The largest absolute Gasteiger partial charge is 0.370 e. The molecule has 1 aliphatic heterocycles. The molecule has 4 heteroatoms. The number of nitrogens with zero attached hydrogens (tertiary/aromatic N) is 2. The van der Waals surface area contributed by atoms with E-state index in [0.717, 1.165) is 25.1 Å². The molecule has 18 heavy (non-hydrogen) atoms. The van der Waals surface area contributed by atoms with Crippen molar-refractivity contribution >= 4 is 10.9 Å². The van der Waals surface area contributed by atoms with Gasteiger partial charge in [-0.2, -0.15) is 5.10 Å². The number of hydrogen-bond acceptors (Lipinski definition) is 3.